The Morgan fingerprint density at radius 1 is 1.17 bits per heavy atom. The van der Waals surface area contributed by atoms with Crippen molar-refractivity contribution in [3.8, 4) is 5.75 Å². The lowest BCUT2D eigenvalue weighted by Crippen LogP contribution is -2.44. The van der Waals surface area contributed by atoms with Crippen molar-refractivity contribution in [1.82, 2.24) is 15.5 Å². The number of benzene rings is 1. The van der Waals surface area contributed by atoms with Crippen LogP contribution in [0.15, 0.2) is 52.1 Å². The van der Waals surface area contributed by atoms with Gasteiger partial charge in [0.25, 0.3) is 0 Å². The lowest BCUT2D eigenvalue weighted by atomic mass is 9.95. The Labute approximate surface area is 196 Å². The molecular weight excluding hydrogens is 491 g/mol. The monoisotopic (exact) mass is 524 g/mol. The molecule has 7 heteroatoms. The van der Waals surface area contributed by atoms with E-state index in [4.69, 9.17) is 9.15 Å². The number of likely N-dealkylation sites (tertiary alicyclic amines) is 1. The van der Waals surface area contributed by atoms with E-state index >= 15 is 0 Å². The van der Waals surface area contributed by atoms with Gasteiger partial charge in [-0.2, -0.15) is 0 Å². The molecule has 1 aliphatic carbocycles. The average molecular weight is 524 g/mol. The molecule has 0 amide bonds. The number of para-hydroxylation sites is 1. The zero-order valence-electron chi connectivity index (χ0n) is 17.9. The maximum atomic E-state index is 5.73. The van der Waals surface area contributed by atoms with Gasteiger partial charge in [-0.1, -0.05) is 18.2 Å². The van der Waals surface area contributed by atoms with Gasteiger partial charge < -0.3 is 19.8 Å². The van der Waals surface area contributed by atoms with Crippen LogP contribution >= 0.6 is 24.0 Å². The molecule has 0 bridgehead atoms. The molecule has 2 fully saturated rings. The van der Waals surface area contributed by atoms with E-state index in [-0.39, 0.29) is 35.4 Å². The smallest absolute Gasteiger partial charge is 0.191 e. The number of furan rings is 1. The molecule has 2 N–H and O–H groups in total. The zero-order chi connectivity index (χ0) is 20.1. The van der Waals surface area contributed by atoms with E-state index in [9.17, 15) is 0 Å². The van der Waals surface area contributed by atoms with Crippen LogP contribution < -0.4 is 15.4 Å². The van der Waals surface area contributed by atoms with Gasteiger partial charge in [-0.15, -0.1) is 24.0 Å². The number of guanidine groups is 1. The highest BCUT2D eigenvalue weighted by atomic mass is 127. The highest BCUT2D eigenvalue weighted by Crippen LogP contribution is 2.50. The Morgan fingerprint density at radius 3 is 2.57 bits per heavy atom. The molecule has 2 aromatic rings. The second-order valence-corrected chi connectivity index (χ2v) is 8.06. The highest BCUT2D eigenvalue weighted by Gasteiger charge is 2.46. The zero-order valence-corrected chi connectivity index (χ0v) is 20.2. The van der Waals surface area contributed by atoms with Crippen molar-refractivity contribution >= 4 is 29.9 Å². The summed E-state index contributed by atoms with van der Waals surface area (Å²) < 4.78 is 11.3. The summed E-state index contributed by atoms with van der Waals surface area (Å²) in [5.74, 6) is 2.83. The van der Waals surface area contributed by atoms with Crippen LogP contribution in [0, 0.1) is 0 Å². The van der Waals surface area contributed by atoms with Gasteiger partial charge >= 0.3 is 0 Å². The number of nitrogens with one attached hydrogen (secondary N) is 2. The largest absolute Gasteiger partial charge is 0.496 e. The van der Waals surface area contributed by atoms with Gasteiger partial charge in [-0.3, -0.25) is 9.89 Å². The number of methoxy groups -OCH3 is 1. The number of aliphatic imine (C=N–C) groups is 1. The topological polar surface area (TPSA) is 62.0 Å². The third-order valence-corrected chi connectivity index (χ3v) is 6.27. The van der Waals surface area contributed by atoms with Gasteiger partial charge in [0.15, 0.2) is 5.96 Å². The quantitative estimate of drug-likeness (QED) is 0.311. The predicted molar refractivity (Wildman–Crippen MR) is 131 cm³/mol. The van der Waals surface area contributed by atoms with Crippen molar-refractivity contribution in [1.29, 1.82) is 0 Å². The number of ether oxygens (including phenoxy) is 1. The fourth-order valence-corrected chi connectivity index (χ4v) is 4.39. The Bertz CT molecular complexity index is 814. The summed E-state index contributed by atoms with van der Waals surface area (Å²) >= 11 is 0. The molecule has 1 aromatic carbocycles. The van der Waals surface area contributed by atoms with Crippen LogP contribution in [-0.2, 0) is 5.41 Å². The summed E-state index contributed by atoms with van der Waals surface area (Å²) in [7, 11) is 3.58. The summed E-state index contributed by atoms with van der Waals surface area (Å²) in [4.78, 5) is 6.95. The van der Waals surface area contributed by atoms with Crippen LogP contribution in [0.1, 0.15) is 43.0 Å². The molecule has 0 spiro atoms. The van der Waals surface area contributed by atoms with E-state index in [0.29, 0.717) is 0 Å². The van der Waals surface area contributed by atoms with E-state index in [2.05, 4.69) is 38.7 Å². The van der Waals surface area contributed by atoms with Gasteiger partial charge in [0.1, 0.15) is 11.5 Å². The van der Waals surface area contributed by atoms with E-state index in [0.717, 1.165) is 43.6 Å². The van der Waals surface area contributed by atoms with Gasteiger partial charge in [0, 0.05) is 31.1 Å². The maximum absolute atomic E-state index is 5.73. The molecule has 1 atom stereocenters. The lowest BCUT2D eigenvalue weighted by Gasteiger charge is -2.27. The first-order valence-electron chi connectivity index (χ1n) is 10.6. The SMILES string of the molecule is CN=C(NCC(c1ccco1)N1CCCC1)NCC1(c2ccccc2OC)CC1.I. The molecule has 4 rings (SSSR count). The fourth-order valence-electron chi connectivity index (χ4n) is 4.39. The summed E-state index contributed by atoms with van der Waals surface area (Å²) in [6, 6.07) is 12.6. The third-order valence-electron chi connectivity index (χ3n) is 6.27. The Balaban J connectivity index is 0.00000256. The summed E-state index contributed by atoms with van der Waals surface area (Å²) in [6.45, 7) is 3.86. The second kappa shape index (κ2) is 10.5. The molecule has 2 heterocycles. The molecule has 0 radical (unpaired) electrons. The predicted octanol–water partition coefficient (Wildman–Crippen LogP) is 3.94. The Kier molecular flexibility index (Phi) is 8.05. The molecule has 1 saturated heterocycles. The normalized spacial score (nSPS) is 19.1. The molecule has 164 valence electrons. The molecule has 1 unspecified atom stereocenters. The van der Waals surface area contributed by atoms with Crippen molar-refractivity contribution in [2.75, 3.05) is 40.3 Å². The minimum Gasteiger partial charge on any atom is -0.496 e. The number of halogens is 1. The fraction of sp³-hybridized carbons (Fsp3) is 0.522. The molecule has 30 heavy (non-hydrogen) atoms. The lowest BCUT2D eigenvalue weighted by molar-refractivity contribution is 0.215. The third kappa shape index (κ3) is 5.11. The molecular formula is C23H33IN4O2. The van der Waals surface area contributed by atoms with Crippen LogP contribution in [0.4, 0.5) is 0 Å². The van der Waals surface area contributed by atoms with Crippen LogP contribution in [0.5, 0.6) is 5.75 Å². The van der Waals surface area contributed by atoms with Crippen molar-refractivity contribution in [3.05, 3.63) is 54.0 Å². The molecule has 2 aliphatic rings. The van der Waals surface area contributed by atoms with Gasteiger partial charge in [-0.05, 0) is 57.0 Å². The first-order valence-corrected chi connectivity index (χ1v) is 10.6. The molecule has 6 nitrogen and oxygen atoms in total. The van der Waals surface area contributed by atoms with Crippen LogP contribution in [0.2, 0.25) is 0 Å². The van der Waals surface area contributed by atoms with Gasteiger partial charge in [0.05, 0.1) is 19.4 Å². The minimum absolute atomic E-state index is 0. The van der Waals surface area contributed by atoms with E-state index in [1.54, 1.807) is 13.4 Å². The Hall–Kier alpha value is -1.74. The number of nitrogens with zero attached hydrogens (tertiary/aromatic N) is 2. The van der Waals surface area contributed by atoms with E-state index in [1.807, 2.05) is 25.2 Å². The summed E-state index contributed by atoms with van der Waals surface area (Å²) in [6.07, 6.45) is 6.60. The van der Waals surface area contributed by atoms with Crippen molar-refractivity contribution in [3.63, 3.8) is 0 Å². The van der Waals surface area contributed by atoms with Crippen molar-refractivity contribution in [2.45, 2.75) is 37.1 Å². The van der Waals surface area contributed by atoms with Crippen LogP contribution in [0.25, 0.3) is 0 Å². The molecule has 1 aliphatic heterocycles. The first kappa shape index (κ1) is 22.9. The second-order valence-electron chi connectivity index (χ2n) is 8.06. The van der Waals surface area contributed by atoms with Crippen molar-refractivity contribution in [2.24, 2.45) is 4.99 Å². The summed E-state index contributed by atoms with van der Waals surface area (Å²) in [5, 5.41) is 7.07. The minimum atomic E-state index is 0. The number of hydrogen-bond acceptors (Lipinski definition) is 4. The van der Waals surface area contributed by atoms with Gasteiger partial charge in [-0.25, -0.2) is 0 Å². The first-order chi connectivity index (χ1) is 14.3. The highest BCUT2D eigenvalue weighted by molar-refractivity contribution is 14.0. The summed E-state index contributed by atoms with van der Waals surface area (Å²) in [5.41, 5.74) is 1.43. The Morgan fingerprint density at radius 2 is 1.93 bits per heavy atom. The number of hydrogen-bond donors (Lipinski definition) is 2. The van der Waals surface area contributed by atoms with Crippen LogP contribution in [0.3, 0.4) is 0 Å². The van der Waals surface area contributed by atoms with E-state index < -0.39 is 0 Å². The number of rotatable bonds is 8. The molecule has 1 saturated carbocycles. The van der Waals surface area contributed by atoms with Gasteiger partial charge in [0.2, 0.25) is 0 Å². The standard InChI is InChI=1S/C23H32N4O2.HI/c1-24-22(25-16-19(21-10-7-15-29-21)27-13-5-6-14-27)26-17-23(11-12-23)18-8-3-4-9-20(18)28-2;/h3-4,7-10,15,19H,5-6,11-14,16-17H2,1-2H3,(H2,24,25,26);1H. The van der Waals surface area contributed by atoms with Crippen LogP contribution in [-0.4, -0.2) is 51.2 Å². The van der Waals surface area contributed by atoms with Crippen molar-refractivity contribution < 1.29 is 9.15 Å². The average Bonchev–Trinajstić information content (AvgIpc) is 3.15. The van der Waals surface area contributed by atoms with E-state index in [1.165, 1.54) is 31.2 Å². The molecule has 1 aromatic heterocycles. The maximum Gasteiger partial charge on any atom is 0.191 e.